The molecule has 0 spiro atoms. The minimum Gasteiger partial charge on any atom is -0.496 e. The smallest absolute Gasteiger partial charge is 0.253 e. The molecule has 0 unspecified atom stereocenters. The molecular formula is C26H28N2O3. The third-order valence-corrected chi connectivity index (χ3v) is 5.58. The summed E-state index contributed by atoms with van der Waals surface area (Å²) < 4.78 is 11.4. The van der Waals surface area contributed by atoms with Crippen molar-refractivity contribution in [2.75, 3.05) is 38.2 Å². The molecule has 3 aromatic carbocycles. The number of rotatable bonds is 7. The zero-order valence-electron chi connectivity index (χ0n) is 17.9. The topological polar surface area (TPSA) is 42.0 Å². The zero-order valence-corrected chi connectivity index (χ0v) is 17.9. The monoisotopic (exact) mass is 416 g/mol. The van der Waals surface area contributed by atoms with Crippen molar-refractivity contribution in [3.8, 4) is 5.75 Å². The van der Waals surface area contributed by atoms with Gasteiger partial charge in [-0.15, -0.1) is 0 Å². The quantitative estimate of drug-likeness (QED) is 0.573. The minimum atomic E-state index is 0.0553. The summed E-state index contributed by atoms with van der Waals surface area (Å²) in [6.45, 7) is 3.99. The third kappa shape index (κ3) is 5.25. The van der Waals surface area contributed by atoms with Crippen molar-refractivity contribution in [3.63, 3.8) is 0 Å². The highest BCUT2D eigenvalue weighted by atomic mass is 16.5. The van der Waals surface area contributed by atoms with Crippen molar-refractivity contribution in [2.45, 2.75) is 13.2 Å². The van der Waals surface area contributed by atoms with Crippen LogP contribution >= 0.6 is 0 Å². The van der Waals surface area contributed by atoms with Gasteiger partial charge in [-0.1, -0.05) is 48.5 Å². The summed E-state index contributed by atoms with van der Waals surface area (Å²) >= 11 is 0. The van der Waals surface area contributed by atoms with Crippen LogP contribution in [-0.2, 0) is 18.0 Å². The van der Waals surface area contributed by atoms with Gasteiger partial charge in [0.25, 0.3) is 5.91 Å². The standard InChI is InChI=1S/C26H28N2O3/c1-30-25-13-12-22(18-23(25)20-31-19-21-8-4-2-5-9-21)26(29)28-16-14-27(15-17-28)24-10-6-3-7-11-24/h2-13,18H,14-17,19-20H2,1H3. The molecule has 0 radical (unpaired) electrons. The lowest BCUT2D eigenvalue weighted by Gasteiger charge is -2.36. The van der Waals surface area contributed by atoms with Crippen LogP contribution in [0.3, 0.4) is 0 Å². The van der Waals surface area contributed by atoms with Crippen molar-refractivity contribution < 1.29 is 14.3 Å². The van der Waals surface area contributed by atoms with Gasteiger partial charge in [0.15, 0.2) is 0 Å². The molecule has 1 heterocycles. The van der Waals surface area contributed by atoms with Gasteiger partial charge in [0, 0.05) is 43.0 Å². The first-order valence-corrected chi connectivity index (χ1v) is 10.6. The maximum absolute atomic E-state index is 13.1. The number of piperazine rings is 1. The Balaban J connectivity index is 1.38. The fraction of sp³-hybridized carbons (Fsp3) is 0.269. The van der Waals surface area contributed by atoms with E-state index in [2.05, 4.69) is 17.0 Å². The van der Waals surface area contributed by atoms with Crippen molar-refractivity contribution >= 4 is 11.6 Å². The number of carbonyl (C=O) groups is 1. The average molecular weight is 417 g/mol. The molecule has 4 rings (SSSR count). The summed E-state index contributed by atoms with van der Waals surface area (Å²) in [5.41, 5.74) is 3.88. The number of methoxy groups -OCH3 is 1. The van der Waals surface area contributed by atoms with Gasteiger partial charge in [-0.25, -0.2) is 0 Å². The molecule has 1 amide bonds. The second-order valence-corrected chi connectivity index (χ2v) is 7.62. The lowest BCUT2D eigenvalue weighted by Crippen LogP contribution is -2.48. The largest absolute Gasteiger partial charge is 0.496 e. The Morgan fingerprint density at radius 3 is 2.19 bits per heavy atom. The third-order valence-electron chi connectivity index (χ3n) is 5.58. The lowest BCUT2D eigenvalue weighted by atomic mass is 10.1. The van der Waals surface area contributed by atoms with Crippen LogP contribution in [0.5, 0.6) is 5.75 Å². The normalized spacial score (nSPS) is 13.8. The summed E-state index contributed by atoms with van der Waals surface area (Å²) in [5.74, 6) is 0.790. The average Bonchev–Trinajstić information content (AvgIpc) is 2.85. The number of hydrogen-bond acceptors (Lipinski definition) is 4. The van der Waals surface area contributed by atoms with E-state index in [4.69, 9.17) is 9.47 Å². The highest BCUT2D eigenvalue weighted by Gasteiger charge is 2.23. The molecule has 5 nitrogen and oxygen atoms in total. The summed E-state index contributed by atoms with van der Waals surface area (Å²) in [6.07, 6.45) is 0. The lowest BCUT2D eigenvalue weighted by molar-refractivity contribution is 0.0745. The van der Waals surface area contributed by atoms with Crippen LogP contribution in [0.25, 0.3) is 0 Å². The molecule has 1 fully saturated rings. The molecule has 0 saturated carbocycles. The van der Waals surface area contributed by atoms with E-state index in [9.17, 15) is 4.79 Å². The maximum atomic E-state index is 13.1. The van der Waals surface area contributed by atoms with Gasteiger partial charge in [0.2, 0.25) is 0 Å². The van der Waals surface area contributed by atoms with Crippen molar-refractivity contribution in [1.29, 1.82) is 0 Å². The molecule has 1 saturated heterocycles. The second kappa shape index (κ2) is 10.1. The van der Waals surface area contributed by atoms with E-state index in [1.165, 1.54) is 5.69 Å². The van der Waals surface area contributed by atoms with Crippen LogP contribution in [0.15, 0.2) is 78.9 Å². The highest BCUT2D eigenvalue weighted by Crippen LogP contribution is 2.23. The SMILES string of the molecule is COc1ccc(C(=O)N2CCN(c3ccccc3)CC2)cc1COCc1ccccc1. The number of hydrogen-bond donors (Lipinski definition) is 0. The van der Waals surface area contributed by atoms with Crippen LogP contribution < -0.4 is 9.64 Å². The van der Waals surface area contributed by atoms with Crippen molar-refractivity contribution in [1.82, 2.24) is 4.90 Å². The predicted octanol–water partition coefficient (Wildman–Crippen LogP) is 4.37. The molecule has 0 N–H and O–H groups in total. The first-order chi connectivity index (χ1) is 15.2. The Bertz CT molecular complexity index is 984. The molecular weight excluding hydrogens is 388 g/mol. The summed E-state index contributed by atoms with van der Waals surface area (Å²) in [5, 5.41) is 0. The van der Waals surface area contributed by atoms with Gasteiger partial charge in [-0.05, 0) is 35.9 Å². The van der Waals surface area contributed by atoms with Crippen LogP contribution in [-0.4, -0.2) is 44.1 Å². The summed E-state index contributed by atoms with van der Waals surface area (Å²) in [4.78, 5) is 17.4. The number of para-hydroxylation sites is 1. The molecule has 3 aromatic rings. The molecule has 0 atom stereocenters. The first kappa shape index (κ1) is 20.9. The Labute approximate surface area is 183 Å². The van der Waals surface area contributed by atoms with Crippen LogP contribution in [0, 0.1) is 0 Å². The number of benzene rings is 3. The molecule has 1 aliphatic rings. The summed E-state index contributed by atoms with van der Waals surface area (Å²) in [6, 6.07) is 26.0. The maximum Gasteiger partial charge on any atom is 0.253 e. The highest BCUT2D eigenvalue weighted by molar-refractivity contribution is 5.94. The van der Waals surface area contributed by atoms with E-state index < -0.39 is 0 Å². The van der Waals surface area contributed by atoms with Crippen LogP contribution in [0.2, 0.25) is 0 Å². The first-order valence-electron chi connectivity index (χ1n) is 10.6. The molecule has 1 aliphatic heterocycles. The van der Waals surface area contributed by atoms with Gasteiger partial charge < -0.3 is 19.3 Å². The number of carbonyl (C=O) groups excluding carboxylic acids is 1. The van der Waals surface area contributed by atoms with Gasteiger partial charge in [-0.2, -0.15) is 0 Å². The van der Waals surface area contributed by atoms with E-state index in [1.54, 1.807) is 7.11 Å². The molecule has 0 bridgehead atoms. The van der Waals surface area contributed by atoms with Gasteiger partial charge in [0.05, 0.1) is 20.3 Å². The molecule has 0 aromatic heterocycles. The fourth-order valence-electron chi connectivity index (χ4n) is 3.87. The molecule has 31 heavy (non-hydrogen) atoms. The Morgan fingerprint density at radius 1 is 0.839 bits per heavy atom. The molecule has 0 aliphatic carbocycles. The van der Waals surface area contributed by atoms with E-state index in [-0.39, 0.29) is 5.91 Å². The molecule has 160 valence electrons. The zero-order chi connectivity index (χ0) is 21.5. The Morgan fingerprint density at radius 2 is 1.52 bits per heavy atom. The Kier molecular flexibility index (Phi) is 6.85. The predicted molar refractivity (Wildman–Crippen MR) is 122 cm³/mol. The van der Waals surface area contributed by atoms with E-state index in [1.807, 2.05) is 71.6 Å². The van der Waals surface area contributed by atoms with E-state index >= 15 is 0 Å². The fourth-order valence-corrected chi connectivity index (χ4v) is 3.87. The van der Waals surface area contributed by atoms with E-state index in [0.717, 1.165) is 30.0 Å². The van der Waals surface area contributed by atoms with Crippen molar-refractivity contribution in [3.05, 3.63) is 95.6 Å². The summed E-state index contributed by atoms with van der Waals surface area (Å²) in [7, 11) is 1.64. The van der Waals surface area contributed by atoms with Gasteiger partial charge in [0.1, 0.15) is 5.75 Å². The Hall–Kier alpha value is -3.31. The number of anilines is 1. The number of ether oxygens (including phenoxy) is 2. The van der Waals surface area contributed by atoms with Gasteiger partial charge >= 0.3 is 0 Å². The van der Waals surface area contributed by atoms with Crippen LogP contribution in [0.4, 0.5) is 5.69 Å². The number of amides is 1. The number of nitrogens with zero attached hydrogens (tertiary/aromatic N) is 2. The van der Waals surface area contributed by atoms with Gasteiger partial charge in [-0.3, -0.25) is 4.79 Å². The molecule has 5 heteroatoms. The second-order valence-electron chi connectivity index (χ2n) is 7.62. The van der Waals surface area contributed by atoms with Crippen LogP contribution in [0.1, 0.15) is 21.5 Å². The van der Waals surface area contributed by atoms with Crippen molar-refractivity contribution in [2.24, 2.45) is 0 Å². The minimum absolute atomic E-state index is 0.0553. The van der Waals surface area contributed by atoms with E-state index in [0.29, 0.717) is 31.9 Å².